The number of oxazole rings is 1. The van der Waals surface area contributed by atoms with Crippen molar-refractivity contribution >= 4 is 35.6 Å². The molecular formula is C22H32F2IN5O. The molecule has 1 atom stereocenters. The fourth-order valence-corrected chi connectivity index (χ4v) is 3.38. The summed E-state index contributed by atoms with van der Waals surface area (Å²) in [6.07, 6.45) is 2.73. The lowest BCUT2D eigenvalue weighted by Crippen LogP contribution is -2.40. The van der Waals surface area contributed by atoms with Gasteiger partial charge >= 0.3 is 0 Å². The van der Waals surface area contributed by atoms with Gasteiger partial charge < -0.3 is 20.0 Å². The van der Waals surface area contributed by atoms with Crippen molar-refractivity contribution in [1.82, 2.24) is 15.6 Å². The van der Waals surface area contributed by atoms with Crippen LogP contribution in [0.25, 0.3) is 0 Å². The number of guanidine groups is 1. The topological polar surface area (TPSA) is 65.7 Å². The third-order valence-electron chi connectivity index (χ3n) is 5.12. The minimum Gasteiger partial charge on any atom is -0.443 e. The number of nitrogens with zero attached hydrogens (tertiary/aromatic N) is 3. The molecule has 1 aromatic carbocycles. The summed E-state index contributed by atoms with van der Waals surface area (Å²) >= 11 is 0. The zero-order valence-electron chi connectivity index (χ0n) is 18.5. The van der Waals surface area contributed by atoms with Gasteiger partial charge in [0.05, 0.1) is 6.20 Å². The summed E-state index contributed by atoms with van der Waals surface area (Å²) in [5, 5.41) is 6.61. The molecule has 1 saturated heterocycles. The van der Waals surface area contributed by atoms with Crippen molar-refractivity contribution in [2.45, 2.75) is 46.1 Å². The van der Waals surface area contributed by atoms with Gasteiger partial charge in [-0.3, -0.25) is 0 Å². The number of rotatable bonds is 6. The molecule has 172 valence electrons. The molecule has 0 bridgehead atoms. The third kappa shape index (κ3) is 7.05. The number of aromatic nitrogens is 1. The Balaban J connectivity index is 0.00000341. The van der Waals surface area contributed by atoms with E-state index in [1.54, 1.807) is 12.3 Å². The van der Waals surface area contributed by atoms with E-state index >= 15 is 0 Å². The van der Waals surface area contributed by atoms with Crippen LogP contribution < -0.4 is 15.5 Å². The second kappa shape index (κ2) is 11.1. The molecule has 1 fully saturated rings. The highest BCUT2D eigenvalue weighted by atomic mass is 127. The van der Waals surface area contributed by atoms with Gasteiger partial charge in [0.25, 0.3) is 0 Å². The molecule has 0 saturated carbocycles. The first-order valence-corrected chi connectivity index (χ1v) is 10.4. The fraction of sp³-hybridized carbons (Fsp3) is 0.545. The molecule has 0 aliphatic carbocycles. The van der Waals surface area contributed by atoms with Crippen molar-refractivity contribution in [3.63, 3.8) is 0 Å². The summed E-state index contributed by atoms with van der Waals surface area (Å²) in [5.74, 6) is 0.895. The zero-order chi connectivity index (χ0) is 21.7. The molecule has 0 spiro atoms. The fourth-order valence-electron chi connectivity index (χ4n) is 3.38. The number of anilines is 1. The minimum atomic E-state index is -0.816. The lowest BCUT2D eigenvalue weighted by Gasteiger charge is -2.19. The van der Waals surface area contributed by atoms with Gasteiger partial charge in [0, 0.05) is 43.3 Å². The summed E-state index contributed by atoms with van der Waals surface area (Å²) in [5.41, 5.74) is 0.634. The molecule has 2 N–H and O–H groups in total. The van der Waals surface area contributed by atoms with Crippen molar-refractivity contribution in [2.75, 3.05) is 31.1 Å². The normalized spacial score (nSPS) is 16.9. The Morgan fingerprint density at radius 2 is 2.03 bits per heavy atom. The first-order chi connectivity index (χ1) is 14.3. The van der Waals surface area contributed by atoms with E-state index in [1.807, 2.05) is 6.92 Å². The monoisotopic (exact) mass is 547 g/mol. The number of halogens is 3. The average Bonchev–Trinajstić information content (AvgIpc) is 3.35. The van der Waals surface area contributed by atoms with Crippen LogP contribution in [0.2, 0.25) is 0 Å². The number of hydrogen-bond donors (Lipinski definition) is 2. The van der Waals surface area contributed by atoms with Crippen LogP contribution in [0.4, 0.5) is 14.5 Å². The molecule has 9 heteroatoms. The van der Waals surface area contributed by atoms with Crippen LogP contribution in [0, 0.1) is 17.6 Å². The largest absolute Gasteiger partial charge is 0.443 e. The predicted octanol–water partition coefficient (Wildman–Crippen LogP) is 4.45. The van der Waals surface area contributed by atoms with Gasteiger partial charge in [-0.05, 0) is 31.4 Å². The number of nitrogens with one attached hydrogen (secondary N) is 2. The second-order valence-corrected chi connectivity index (χ2v) is 8.64. The maximum atomic E-state index is 13.5. The van der Waals surface area contributed by atoms with Gasteiger partial charge in [-0.25, -0.2) is 18.8 Å². The van der Waals surface area contributed by atoms with Gasteiger partial charge in [0.1, 0.15) is 12.3 Å². The predicted molar refractivity (Wildman–Crippen MR) is 130 cm³/mol. The van der Waals surface area contributed by atoms with E-state index in [-0.39, 0.29) is 29.4 Å². The van der Waals surface area contributed by atoms with E-state index in [2.05, 4.69) is 46.3 Å². The van der Waals surface area contributed by atoms with E-state index < -0.39 is 11.6 Å². The number of hydrogen-bond acceptors (Lipinski definition) is 4. The molecule has 0 amide bonds. The maximum Gasteiger partial charge on any atom is 0.216 e. The Morgan fingerprint density at radius 1 is 1.26 bits per heavy atom. The SMILES string of the molecule is CCNC(=NCc1ncc(C(C)(C)C)o1)NCC1CCN(c2ccc(F)c(F)c2)C1.I. The molecule has 2 heterocycles. The van der Waals surface area contributed by atoms with E-state index in [1.165, 1.54) is 12.1 Å². The average molecular weight is 547 g/mol. The summed E-state index contributed by atoms with van der Waals surface area (Å²) in [6.45, 7) is 11.7. The highest BCUT2D eigenvalue weighted by Gasteiger charge is 2.24. The van der Waals surface area contributed by atoms with Crippen LogP contribution in [0.3, 0.4) is 0 Å². The van der Waals surface area contributed by atoms with Crippen LogP contribution in [0.5, 0.6) is 0 Å². The maximum absolute atomic E-state index is 13.5. The van der Waals surface area contributed by atoms with Gasteiger partial charge in [-0.2, -0.15) is 0 Å². The summed E-state index contributed by atoms with van der Waals surface area (Å²) in [4.78, 5) is 11.0. The van der Waals surface area contributed by atoms with Crippen molar-refractivity contribution in [3.05, 3.63) is 47.7 Å². The Morgan fingerprint density at radius 3 is 2.68 bits per heavy atom. The van der Waals surface area contributed by atoms with Crippen molar-refractivity contribution in [1.29, 1.82) is 0 Å². The molecule has 2 aromatic rings. The van der Waals surface area contributed by atoms with Crippen molar-refractivity contribution in [2.24, 2.45) is 10.9 Å². The van der Waals surface area contributed by atoms with Crippen molar-refractivity contribution in [3.8, 4) is 0 Å². The molecule has 1 aliphatic heterocycles. The summed E-state index contributed by atoms with van der Waals surface area (Å²) in [6, 6.07) is 4.07. The number of aliphatic imine (C=N–C) groups is 1. The standard InChI is InChI=1S/C22H31F2N5O.HI/c1-5-25-21(28-13-20-26-12-19(30-20)22(2,3)4)27-11-15-8-9-29(14-15)16-6-7-17(23)18(24)10-16;/h6-7,10,12,15H,5,8-9,11,13-14H2,1-4H3,(H2,25,27,28);1H. The lowest BCUT2D eigenvalue weighted by molar-refractivity contribution is 0.383. The lowest BCUT2D eigenvalue weighted by atomic mass is 9.94. The van der Waals surface area contributed by atoms with Crippen LogP contribution in [0.15, 0.2) is 33.8 Å². The second-order valence-electron chi connectivity index (χ2n) is 8.64. The number of benzene rings is 1. The third-order valence-corrected chi connectivity index (χ3v) is 5.12. The van der Waals surface area contributed by atoms with Gasteiger partial charge in [-0.1, -0.05) is 20.8 Å². The quantitative estimate of drug-likeness (QED) is 0.318. The highest BCUT2D eigenvalue weighted by molar-refractivity contribution is 14.0. The zero-order valence-corrected chi connectivity index (χ0v) is 20.9. The van der Waals surface area contributed by atoms with Crippen LogP contribution in [0.1, 0.15) is 45.8 Å². The first-order valence-electron chi connectivity index (χ1n) is 10.4. The first kappa shape index (κ1) is 25.4. The Kier molecular flexibility index (Phi) is 9.08. The van der Waals surface area contributed by atoms with Crippen LogP contribution in [-0.4, -0.2) is 37.1 Å². The smallest absolute Gasteiger partial charge is 0.216 e. The van der Waals surface area contributed by atoms with Gasteiger partial charge in [0.15, 0.2) is 17.6 Å². The molecule has 6 nitrogen and oxygen atoms in total. The van der Waals surface area contributed by atoms with Gasteiger partial charge in [0.2, 0.25) is 5.89 Å². The Hall–Kier alpha value is -1.91. The molecular weight excluding hydrogens is 515 g/mol. The Labute approximate surface area is 199 Å². The van der Waals surface area contributed by atoms with E-state index in [0.717, 1.165) is 44.0 Å². The molecule has 0 radical (unpaired) electrons. The van der Waals surface area contributed by atoms with E-state index in [0.29, 0.717) is 24.3 Å². The minimum absolute atomic E-state index is 0. The summed E-state index contributed by atoms with van der Waals surface area (Å²) in [7, 11) is 0. The van der Waals surface area contributed by atoms with E-state index in [4.69, 9.17) is 4.42 Å². The van der Waals surface area contributed by atoms with Crippen LogP contribution >= 0.6 is 24.0 Å². The molecule has 1 aliphatic rings. The highest BCUT2D eigenvalue weighted by Crippen LogP contribution is 2.25. The molecule has 3 rings (SSSR count). The molecule has 1 unspecified atom stereocenters. The molecule has 31 heavy (non-hydrogen) atoms. The van der Waals surface area contributed by atoms with E-state index in [9.17, 15) is 8.78 Å². The Bertz CT molecular complexity index is 881. The van der Waals surface area contributed by atoms with Gasteiger partial charge in [-0.15, -0.1) is 24.0 Å². The van der Waals surface area contributed by atoms with Crippen molar-refractivity contribution < 1.29 is 13.2 Å². The summed E-state index contributed by atoms with van der Waals surface area (Å²) < 4.78 is 32.5. The molecule has 1 aromatic heterocycles. The van der Waals surface area contributed by atoms with Crippen LogP contribution in [-0.2, 0) is 12.0 Å².